The second-order valence-electron chi connectivity index (χ2n) is 13.8. The van der Waals surface area contributed by atoms with Crippen molar-refractivity contribution in [1.29, 1.82) is 0 Å². The lowest BCUT2D eigenvalue weighted by atomic mass is 9.82. The van der Waals surface area contributed by atoms with Gasteiger partial charge in [0.15, 0.2) is 0 Å². The lowest BCUT2D eigenvalue weighted by molar-refractivity contribution is 0.0702. The van der Waals surface area contributed by atoms with Crippen LogP contribution in [0.5, 0.6) is 0 Å². The number of piperidine rings is 1. The van der Waals surface area contributed by atoms with Gasteiger partial charge in [-0.1, -0.05) is 38.3 Å². The van der Waals surface area contributed by atoms with Gasteiger partial charge in [0, 0.05) is 42.7 Å². The number of halogens is 1. The number of aromatic nitrogens is 2. The Hall–Kier alpha value is -3.75. The SMILES string of the molecule is CCN1CCCC(CCN2CCn3c(c(C4CCCCC4)c4sc(C(=O)O)cc43)-c3ccc4nc(-c5ccccc5F)ccc4c32)C1. The number of carboxylic acids is 1. The van der Waals surface area contributed by atoms with Crippen molar-refractivity contribution in [3.63, 3.8) is 0 Å². The molecule has 1 N–H and O–H groups in total. The van der Waals surface area contributed by atoms with Crippen LogP contribution in [0.1, 0.15) is 79.4 Å². The summed E-state index contributed by atoms with van der Waals surface area (Å²) in [6.45, 7) is 8.34. The Kier molecular flexibility index (Phi) is 8.26. The van der Waals surface area contributed by atoms with E-state index in [4.69, 9.17) is 4.98 Å². The highest BCUT2D eigenvalue weighted by Crippen LogP contribution is 2.51. The monoisotopic (exact) mass is 650 g/mol. The van der Waals surface area contributed by atoms with Gasteiger partial charge < -0.3 is 19.5 Å². The predicted octanol–water partition coefficient (Wildman–Crippen LogP) is 9.41. The van der Waals surface area contributed by atoms with Crippen molar-refractivity contribution in [3.8, 4) is 22.5 Å². The van der Waals surface area contributed by atoms with Gasteiger partial charge in [-0.05, 0) is 105 Å². The first-order chi connectivity index (χ1) is 23.0. The van der Waals surface area contributed by atoms with E-state index >= 15 is 0 Å². The molecule has 0 bridgehead atoms. The first-order valence-electron chi connectivity index (χ1n) is 17.6. The second kappa shape index (κ2) is 12.7. The van der Waals surface area contributed by atoms with Gasteiger partial charge in [0.05, 0.1) is 32.8 Å². The van der Waals surface area contributed by atoms with E-state index in [2.05, 4.69) is 39.5 Å². The average molecular weight is 651 g/mol. The molecule has 47 heavy (non-hydrogen) atoms. The van der Waals surface area contributed by atoms with E-state index in [1.807, 2.05) is 18.2 Å². The van der Waals surface area contributed by atoms with E-state index in [-0.39, 0.29) is 5.82 Å². The molecule has 244 valence electrons. The quantitative estimate of drug-likeness (QED) is 0.190. The zero-order valence-corrected chi connectivity index (χ0v) is 28.0. The second-order valence-corrected chi connectivity index (χ2v) is 14.8. The minimum absolute atomic E-state index is 0.264. The number of fused-ring (bicyclic) bond motifs is 7. The Morgan fingerprint density at radius 3 is 2.64 bits per heavy atom. The van der Waals surface area contributed by atoms with Crippen molar-refractivity contribution in [2.75, 3.05) is 37.6 Å². The third-order valence-corrected chi connectivity index (χ3v) is 12.2. The van der Waals surface area contributed by atoms with Crippen molar-refractivity contribution >= 4 is 44.1 Å². The first-order valence-corrected chi connectivity index (χ1v) is 18.4. The summed E-state index contributed by atoms with van der Waals surface area (Å²) in [7, 11) is 0. The normalized spacial score (nSPS) is 19.2. The van der Waals surface area contributed by atoms with Crippen LogP contribution in [-0.2, 0) is 6.54 Å². The van der Waals surface area contributed by atoms with Crippen molar-refractivity contribution in [1.82, 2.24) is 14.5 Å². The van der Waals surface area contributed by atoms with Crippen LogP contribution < -0.4 is 4.90 Å². The molecule has 0 amide bonds. The minimum Gasteiger partial charge on any atom is -0.477 e. The first kappa shape index (κ1) is 30.6. The van der Waals surface area contributed by atoms with Crippen LogP contribution >= 0.6 is 11.3 Å². The number of pyridine rings is 1. The van der Waals surface area contributed by atoms with Gasteiger partial charge in [-0.3, -0.25) is 0 Å². The molecule has 0 spiro atoms. The van der Waals surface area contributed by atoms with E-state index in [1.54, 1.807) is 12.1 Å². The Balaban J connectivity index is 1.30. The molecule has 5 aromatic rings. The van der Waals surface area contributed by atoms with Crippen LogP contribution in [0.3, 0.4) is 0 Å². The highest BCUT2D eigenvalue weighted by Gasteiger charge is 2.33. The van der Waals surface area contributed by atoms with Crippen LogP contribution in [0.2, 0.25) is 0 Å². The van der Waals surface area contributed by atoms with E-state index in [0.29, 0.717) is 28.0 Å². The summed E-state index contributed by atoms with van der Waals surface area (Å²) in [4.78, 5) is 22.8. The summed E-state index contributed by atoms with van der Waals surface area (Å²) in [6.07, 6.45) is 9.65. The molecule has 1 saturated carbocycles. The van der Waals surface area contributed by atoms with E-state index in [1.165, 1.54) is 85.1 Å². The number of carbonyl (C=O) groups is 1. The topological polar surface area (TPSA) is 61.6 Å². The number of hydrogen-bond acceptors (Lipinski definition) is 5. The molecule has 2 aromatic carbocycles. The molecule has 1 saturated heterocycles. The molecular weight excluding hydrogens is 608 g/mol. The lowest BCUT2D eigenvalue weighted by Crippen LogP contribution is -2.37. The fraction of sp³-hybridized carbons (Fsp3) is 0.436. The standard InChI is InChI=1S/C39H43FN4O2S/c1-2-42-19-8-9-25(24-42)18-20-43-21-22-44-33-23-34(39(45)46)47-38(33)35(26-10-4-3-5-11-26)37(44)29-15-17-32-28(36(29)43)14-16-31(41-32)27-12-6-7-13-30(27)40/h6-7,12-17,23,25-26H,2-5,8-11,18-22,24H2,1H3,(H,45,46). The Morgan fingerprint density at radius 1 is 0.979 bits per heavy atom. The molecule has 5 heterocycles. The largest absolute Gasteiger partial charge is 0.477 e. The zero-order chi connectivity index (χ0) is 32.1. The maximum atomic E-state index is 14.8. The Bertz CT molecular complexity index is 1960. The number of aromatic carboxylic acids is 1. The van der Waals surface area contributed by atoms with Gasteiger partial charge in [-0.2, -0.15) is 0 Å². The van der Waals surface area contributed by atoms with Gasteiger partial charge in [-0.25, -0.2) is 14.2 Å². The summed E-state index contributed by atoms with van der Waals surface area (Å²) in [6, 6.07) is 17.3. The van der Waals surface area contributed by atoms with Gasteiger partial charge in [0.2, 0.25) is 0 Å². The average Bonchev–Trinajstić information content (AvgIpc) is 3.61. The zero-order valence-electron chi connectivity index (χ0n) is 27.2. The van der Waals surface area contributed by atoms with Crippen molar-refractivity contribution in [3.05, 3.63) is 70.9 Å². The number of hydrogen-bond donors (Lipinski definition) is 1. The minimum atomic E-state index is -0.845. The Labute approximate surface area is 279 Å². The van der Waals surface area contributed by atoms with Gasteiger partial charge in [0.25, 0.3) is 0 Å². The number of nitrogens with zero attached hydrogens (tertiary/aromatic N) is 4. The third kappa shape index (κ3) is 5.53. The number of benzene rings is 2. The van der Waals surface area contributed by atoms with Crippen molar-refractivity contribution in [2.24, 2.45) is 5.92 Å². The molecule has 8 heteroatoms. The van der Waals surface area contributed by atoms with Crippen LogP contribution in [-0.4, -0.2) is 58.3 Å². The molecule has 0 radical (unpaired) electrons. The fourth-order valence-electron chi connectivity index (χ4n) is 8.65. The molecule has 1 atom stereocenters. The number of rotatable bonds is 7. The van der Waals surface area contributed by atoms with E-state index in [0.717, 1.165) is 66.6 Å². The molecular formula is C39H43FN4O2S. The van der Waals surface area contributed by atoms with Crippen molar-refractivity contribution < 1.29 is 14.3 Å². The summed E-state index contributed by atoms with van der Waals surface area (Å²) in [5.41, 5.74) is 8.15. The van der Waals surface area contributed by atoms with Crippen LogP contribution in [0.4, 0.5) is 10.1 Å². The van der Waals surface area contributed by atoms with Crippen LogP contribution in [0.25, 0.3) is 43.6 Å². The molecule has 3 aromatic heterocycles. The van der Waals surface area contributed by atoms with Crippen LogP contribution in [0.15, 0.2) is 54.6 Å². The smallest absolute Gasteiger partial charge is 0.345 e. The maximum Gasteiger partial charge on any atom is 0.345 e. The molecule has 2 fully saturated rings. The summed E-state index contributed by atoms with van der Waals surface area (Å²) in [5, 5.41) is 11.1. The van der Waals surface area contributed by atoms with E-state index in [9.17, 15) is 14.3 Å². The highest BCUT2D eigenvalue weighted by atomic mass is 32.1. The molecule has 1 unspecified atom stereocenters. The fourth-order valence-corrected chi connectivity index (χ4v) is 9.78. The number of carboxylic acid groups (broad SMARTS) is 1. The number of thiophene rings is 1. The van der Waals surface area contributed by atoms with Gasteiger partial charge in [-0.15, -0.1) is 11.3 Å². The van der Waals surface area contributed by atoms with Gasteiger partial charge >= 0.3 is 5.97 Å². The lowest BCUT2D eigenvalue weighted by Gasteiger charge is -2.34. The number of likely N-dealkylation sites (tertiary alicyclic amines) is 1. The number of anilines is 1. The summed E-state index contributed by atoms with van der Waals surface area (Å²) < 4.78 is 18.4. The molecule has 6 nitrogen and oxygen atoms in total. The highest BCUT2D eigenvalue weighted by molar-refractivity contribution is 7.21. The molecule has 1 aliphatic carbocycles. The molecule has 2 aliphatic heterocycles. The van der Waals surface area contributed by atoms with Crippen molar-refractivity contribution in [2.45, 2.75) is 70.8 Å². The third-order valence-electron chi connectivity index (χ3n) is 11.0. The summed E-state index contributed by atoms with van der Waals surface area (Å²) >= 11 is 1.45. The maximum absolute atomic E-state index is 14.8. The molecule has 8 rings (SSSR count). The predicted molar refractivity (Wildman–Crippen MR) is 190 cm³/mol. The summed E-state index contributed by atoms with van der Waals surface area (Å²) in [5.74, 6) is -0.0153. The molecule has 3 aliphatic rings. The Morgan fingerprint density at radius 2 is 1.83 bits per heavy atom. The van der Waals surface area contributed by atoms with Gasteiger partial charge in [0.1, 0.15) is 10.7 Å². The van der Waals surface area contributed by atoms with E-state index < -0.39 is 5.97 Å². The van der Waals surface area contributed by atoms with Crippen LogP contribution in [0, 0.1) is 11.7 Å².